The van der Waals surface area contributed by atoms with Crippen molar-refractivity contribution < 1.29 is 9.90 Å². The zero-order valence-corrected chi connectivity index (χ0v) is 7.59. The lowest BCUT2D eigenvalue weighted by Gasteiger charge is -2.23. The summed E-state index contributed by atoms with van der Waals surface area (Å²) in [5, 5.41) is 8.83. The van der Waals surface area contributed by atoms with E-state index < -0.39 is 5.97 Å². The molecule has 0 radical (unpaired) electrons. The van der Waals surface area contributed by atoms with E-state index in [1.165, 1.54) is 0 Å². The number of carboxylic acids is 1. The molecule has 2 bridgehead atoms. The predicted molar refractivity (Wildman–Crippen MR) is 47.2 cm³/mol. The van der Waals surface area contributed by atoms with E-state index in [0.717, 1.165) is 19.3 Å². The molecule has 2 saturated carbocycles. The molecule has 0 amide bonds. The van der Waals surface area contributed by atoms with Crippen LogP contribution in [0.25, 0.3) is 0 Å². The lowest BCUT2D eigenvalue weighted by atomic mass is 9.85. The first kappa shape index (κ1) is 9.81. The fourth-order valence-corrected chi connectivity index (χ4v) is 2.70. The Balaban J connectivity index is 0.000000720. The van der Waals surface area contributed by atoms with Crippen molar-refractivity contribution in [3.05, 3.63) is 0 Å². The first-order valence-corrected chi connectivity index (χ1v) is 4.18. The monoisotopic (exact) mass is 191 g/mol. The Labute approximate surface area is 77.7 Å². The summed E-state index contributed by atoms with van der Waals surface area (Å²) >= 11 is 0. The molecular weight excluding hydrogens is 178 g/mol. The maximum atomic E-state index is 10.7. The molecule has 0 spiro atoms. The second-order valence-electron chi connectivity index (χ2n) is 3.77. The van der Waals surface area contributed by atoms with E-state index in [2.05, 4.69) is 0 Å². The summed E-state index contributed by atoms with van der Waals surface area (Å²) in [6.45, 7) is 0. The molecule has 3 nitrogen and oxygen atoms in total. The number of nitrogens with two attached hydrogens (primary N) is 1. The van der Waals surface area contributed by atoms with Gasteiger partial charge in [0.25, 0.3) is 0 Å². The maximum Gasteiger partial charge on any atom is 0.308 e. The first-order valence-electron chi connectivity index (χ1n) is 4.18. The average Bonchev–Trinajstić information content (AvgIpc) is 2.44. The van der Waals surface area contributed by atoms with Gasteiger partial charge in [-0.25, -0.2) is 0 Å². The third-order valence-electron chi connectivity index (χ3n) is 3.27. The number of carbonyl (C=O) groups is 1. The number of hydrogen-bond acceptors (Lipinski definition) is 2. The lowest BCUT2D eigenvalue weighted by molar-refractivity contribution is -0.144. The van der Waals surface area contributed by atoms with Crippen LogP contribution < -0.4 is 5.73 Å². The fraction of sp³-hybridized carbons (Fsp3) is 0.875. The molecule has 4 heteroatoms. The molecule has 2 aliphatic rings. The molecule has 0 heterocycles. The molecule has 0 aromatic rings. The lowest BCUT2D eigenvalue weighted by Crippen LogP contribution is -2.40. The maximum absolute atomic E-state index is 10.7. The quantitative estimate of drug-likeness (QED) is 0.647. The first-order chi connectivity index (χ1) is 5.20. The Hall–Kier alpha value is -0.280. The van der Waals surface area contributed by atoms with Gasteiger partial charge in [0.15, 0.2) is 0 Å². The van der Waals surface area contributed by atoms with Gasteiger partial charge < -0.3 is 10.8 Å². The Bertz CT molecular complexity index is 195. The fourth-order valence-electron chi connectivity index (χ4n) is 2.70. The summed E-state index contributed by atoms with van der Waals surface area (Å²) < 4.78 is 0. The van der Waals surface area contributed by atoms with Crippen LogP contribution in [-0.2, 0) is 4.79 Å². The molecule has 0 unspecified atom stereocenters. The van der Waals surface area contributed by atoms with E-state index in [-0.39, 0.29) is 24.4 Å². The van der Waals surface area contributed by atoms with Gasteiger partial charge in [0.1, 0.15) is 0 Å². The SMILES string of the molecule is Cl.N[C@H]1[C@@H]2CC[C@@H](C2)[C@H]1C(=O)O. The second kappa shape index (κ2) is 3.23. The van der Waals surface area contributed by atoms with E-state index >= 15 is 0 Å². The van der Waals surface area contributed by atoms with Gasteiger partial charge in [0, 0.05) is 6.04 Å². The molecule has 70 valence electrons. The van der Waals surface area contributed by atoms with E-state index in [0.29, 0.717) is 11.8 Å². The highest BCUT2D eigenvalue weighted by atomic mass is 35.5. The third-order valence-corrected chi connectivity index (χ3v) is 3.27. The van der Waals surface area contributed by atoms with E-state index in [4.69, 9.17) is 10.8 Å². The minimum Gasteiger partial charge on any atom is -0.481 e. The summed E-state index contributed by atoms with van der Waals surface area (Å²) in [5.41, 5.74) is 5.78. The van der Waals surface area contributed by atoms with Crippen LogP contribution in [0.2, 0.25) is 0 Å². The second-order valence-corrected chi connectivity index (χ2v) is 3.77. The Morgan fingerprint density at radius 3 is 2.25 bits per heavy atom. The highest BCUT2D eigenvalue weighted by Gasteiger charge is 2.49. The molecule has 2 rings (SSSR count). The highest BCUT2D eigenvalue weighted by molar-refractivity contribution is 5.85. The summed E-state index contributed by atoms with van der Waals surface area (Å²) in [4.78, 5) is 10.7. The van der Waals surface area contributed by atoms with Gasteiger partial charge in [0.05, 0.1) is 5.92 Å². The highest BCUT2D eigenvalue weighted by Crippen LogP contribution is 2.47. The van der Waals surface area contributed by atoms with E-state index in [1.54, 1.807) is 0 Å². The molecule has 3 N–H and O–H groups in total. The topological polar surface area (TPSA) is 63.3 Å². The summed E-state index contributed by atoms with van der Waals surface area (Å²) in [6, 6.07) is -0.0637. The number of hydrogen-bond donors (Lipinski definition) is 2. The van der Waals surface area contributed by atoms with Crippen molar-refractivity contribution in [2.45, 2.75) is 25.3 Å². The van der Waals surface area contributed by atoms with Crippen molar-refractivity contribution >= 4 is 18.4 Å². The van der Waals surface area contributed by atoms with Gasteiger partial charge in [-0.3, -0.25) is 4.79 Å². The van der Waals surface area contributed by atoms with Crippen molar-refractivity contribution in [1.82, 2.24) is 0 Å². The van der Waals surface area contributed by atoms with Crippen molar-refractivity contribution in [2.24, 2.45) is 23.5 Å². The summed E-state index contributed by atoms with van der Waals surface area (Å²) in [5.74, 6) is -0.0490. The molecule has 0 aromatic carbocycles. The number of carboxylic acid groups (broad SMARTS) is 1. The van der Waals surface area contributed by atoms with Gasteiger partial charge in [-0.05, 0) is 31.1 Å². The van der Waals surface area contributed by atoms with E-state index in [1.807, 2.05) is 0 Å². The van der Waals surface area contributed by atoms with Crippen LogP contribution in [0.1, 0.15) is 19.3 Å². The summed E-state index contributed by atoms with van der Waals surface area (Å²) in [7, 11) is 0. The van der Waals surface area contributed by atoms with Crippen molar-refractivity contribution in [3.63, 3.8) is 0 Å². The zero-order chi connectivity index (χ0) is 8.01. The van der Waals surface area contributed by atoms with Gasteiger partial charge in [-0.15, -0.1) is 12.4 Å². The normalized spacial score (nSPS) is 44.1. The van der Waals surface area contributed by atoms with Gasteiger partial charge >= 0.3 is 5.97 Å². The molecule has 0 aliphatic heterocycles. The van der Waals surface area contributed by atoms with Crippen LogP contribution in [0, 0.1) is 17.8 Å². The van der Waals surface area contributed by atoms with Crippen molar-refractivity contribution in [1.29, 1.82) is 0 Å². The average molecular weight is 192 g/mol. The van der Waals surface area contributed by atoms with Crippen LogP contribution in [0.3, 0.4) is 0 Å². The van der Waals surface area contributed by atoms with Crippen LogP contribution in [0.4, 0.5) is 0 Å². The number of aliphatic carboxylic acids is 1. The summed E-state index contributed by atoms with van der Waals surface area (Å²) in [6.07, 6.45) is 3.28. The molecule has 12 heavy (non-hydrogen) atoms. The standard InChI is InChI=1S/C8H13NO2.ClH/c9-7-5-2-1-4(3-5)6(7)8(10)11;/h4-7H,1-3,9H2,(H,10,11);1H/t4-,5+,6+,7-;/m0./s1. The largest absolute Gasteiger partial charge is 0.481 e. The van der Waals surface area contributed by atoms with Crippen molar-refractivity contribution in [2.75, 3.05) is 0 Å². The zero-order valence-electron chi connectivity index (χ0n) is 6.77. The molecule has 0 aromatic heterocycles. The Morgan fingerprint density at radius 2 is 1.92 bits per heavy atom. The smallest absolute Gasteiger partial charge is 0.308 e. The van der Waals surface area contributed by atoms with Gasteiger partial charge in [0.2, 0.25) is 0 Å². The number of fused-ring (bicyclic) bond motifs is 2. The van der Waals surface area contributed by atoms with Crippen LogP contribution >= 0.6 is 12.4 Å². The van der Waals surface area contributed by atoms with Gasteiger partial charge in [-0.2, -0.15) is 0 Å². The van der Waals surface area contributed by atoms with Crippen LogP contribution in [0.15, 0.2) is 0 Å². The van der Waals surface area contributed by atoms with Gasteiger partial charge in [-0.1, -0.05) is 0 Å². The third kappa shape index (κ3) is 1.21. The minimum atomic E-state index is -0.690. The molecule has 2 aliphatic carbocycles. The number of rotatable bonds is 1. The van der Waals surface area contributed by atoms with Crippen LogP contribution in [0.5, 0.6) is 0 Å². The molecule has 0 saturated heterocycles. The van der Waals surface area contributed by atoms with E-state index in [9.17, 15) is 4.79 Å². The minimum absolute atomic E-state index is 0. The molecule has 2 fully saturated rings. The molecule has 4 atom stereocenters. The predicted octanol–water partition coefficient (Wildman–Crippen LogP) is 0.866. The molecular formula is C8H14ClNO2. The van der Waals surface area contributed by atoms with Crippen LogP contribution in [-0.4, -0.2) is 17.1 Å². The Morgan fingerprint density at radius 1 is 1.33 bits per heavy atom. The Kier molecular flexibility index (Phi) is 2.64. The van der Waals surface area contributed by atoms with Crippen molar-refractivity contribution in [3.8, 4) is 0 Å². The number of halogens is 1.